The topological polar surface area (TPSA) is 4.93 Å². The van der Waals surface area contributed by atoms with E-state index in [-0.39, 0.29) is 5.41 Å². The van der Waals surface area contributed by atoms with E-state index in [1.54, 1.807) is 5.57 Å². The molecule has 40 heavy (non-hydrogen) atoms. The summed E-state index contributed by atoms with van der Waals surface area (Å²) in [6.07, 6.45) is 13.8. The van der Waals surface area contributed by atoms with Crippen molar-refractivity contribution in [2.75, 3.05) is 0 Å². The maximum absolute atomic E-state index is 2.51. The van der Waals surface area contributed by atoms with Gasteiger partial charge in [-0.2, -0.15) is 0 Å². The van der Waals surface area contributed by atoms with Crippen molar-refractivity contribution in [1.29, 1.82) is 0 Å². The number of fused-ring (bicyclic) bond motifs is 5. The predicted molar refractivity (Wildman–Crippen MR) is 171 cm³/mol. The van der Waals surface area contributed by atoms with E-state index in [0.29, 0.717) is 0 Å². The zero-order valence-electron chi connectivity index (χ0n) is 23.2. The Kier molecular flexibility index (Phi) is 5.19. The molecule has 0 fully saturated rings. The highest BCUT2D eigenvalue weighted by atomic mass is 15.0. The molecule has 0 amide bonds. The Morgan fingerprint density at radius 1 is 0.675 bits per heavy atom. The number of rotatable bonds is 3. The highest BCUT2D eigenvalue weighted by Gasteiger charge is 2.38. The van der Waals surface area contributed by atoms with Gasteiger partial charge in [-0.15, -0.1) is 0 Å². The summed E-state index contributed by atoms with van der Waals surface area (Å²) < 4.78 is 2.40. The first-order valence-corrected chi connectivity index (χ1v) is 14.6. The molecular formula is C39H33N. The Bertz CT molecular complexity index is 1900. The minimum Gasteiger partial charge on any atom is -0.309 e. The van der Waals surface area contributed by atoms with Crippen molar-refractivity contribution in [1.82, 2.24) is 4.57 Å². The summed E-state index contributed by atoms with van der Waals surface area (Å²) in [5, 5.41) is 2.61. The van der Waals surface area contributed by atoms with Crippen LogP contribution in [0.15, 0.2) is 121 Å². The molecule has 4 aromatic carbocycles. The number of aromatic nitrogens is 1. The van der Waals surface area contributed by atoms with Crippen LogP contribution in [0.25, 0.3) is 44.2 Å². The number of hydrogen-bond acceptors (Lipinski definition) is 0. The molecule has 0 spiro atoms. The van der Waals surface area contributed by atoms with Crippen LogP contribution in [0.5, 0.6) is 0 Å². The first-order valence-electron chi connectivity index (χ1n) is 14.6. The van der Waals surface area contributed by atoms with Crippen molar-refractivity contribution < 1.29 is 0 Å². The Hall–Kier alpha value is -4.36. The molecule has 0 atom stereocenters. The second kappa shape index (κ2) is 8.83. The molecule has 1 nitrogen and oxygen atoms in total. The zero-order valence-corrected chi connectivity index (χ0v) is 23.2. The van der Waals surface area contributed by atoms with Crippen LogP contribution in [-0.2, 0) is 5.41 Å². The van der Waals surface area contributed by atoms with Gasteiger partial charge in [0.1, 0.15) is 0 Å². The predicted octanol–water partition coefficient (Wildman–Crippen LogP) is 10.4. The van der Waals surface area contributed by atoms with Crippen LogP contribution >= 0.6 is 0 Å². The van der Waals surface area contributed by atoms with E-state index < -0.39 is 0 Å². The highest BCUT2D eigenvalue weighted by molar-refractivity contribution is 6.09. The summed E-state index contributed by atoms with van der Waals surface area (Å²) in [7, 11) is 0. The van der Waals surface area contributed by atoms with Gasteiger partial charge in [0.2, 0.25) is 0 Å². The Balaban J connectivity index is 1.16. The van der Waals surface area contributed by atoms with Gasteiger partial charge in [0.25, 0.3) is 0 Å². The molecule has 0 radical (unpaired) electrons. The first kappa shape index (κ1) is 23.5. The van der Waals surface area contributed by atoms with Gasteiger partial charge in [0.05, 0.1) is 11.0 Å². The lowest BCUT2D eigenvalue weighted by molar-refractivity contribution is 0.651. The van der Waals surface area contributed by atoms with Crippen molar-refractivity contribution in [3.05, 3.63) is 143 Å². The molecule has 0 saturated carbocycles. The van der Waals surface area contributed by atoms with Gasteiger partial charge in [0, 0.05) is 21.9 Å². The van der Waals surface area contributed by atoms with Crippen LogP contribution < -0.4 is 0 Å². The van der Waals surface area contributed by atoms with Crippen molar-refractivity contribution in [3.63, 3.8) is 0 Å². The lowest BCUT2D eigenvalue weighted by atomic mass is 9.77. The number of para-hydroxylation sites is 2. The zero-order chi connectivity index (χ0) is 26.8. The number of benzene rings is 4. The van der Waals surface area contributed by atoms with E-state index in [1.807, 2.05) is 0 Å². The van der Waals surface area contributed by atoms with Crippen LogP contribution in [0.4, 0.5) is 0 Å². The van der Waals surface area contributed by atoms with E-state index in [2.05, 4.69) is 134 Å². The summed E-state index contributed by atoms with van der Waals surface area (Å²) in [5.41, 5.74) is 15.4. The third-order valence-corrected chi connectivity index (χ3v) is 9.44. The normalized spacial score (nSPS) is 17.6. The largest absolute Gasteiger partial charge is 0.309 e. The molecule has 1 aromatic heterocycles. The molecule has 0 unspecified atom stereocenters. The molecule has 5 aromatic rings. The fraction of sp³-hybridized carbons (Fsp3) is 0.179. The van der Waals surface area contributed by atoms with Crippen molar-refractivity contribution in [2.45, 2.75) is 44.9 Å². The molecule has 3 aliphatic carbocycles. The summed E-state index contributed by atoms with van der Waals surface area (Å²) in [4.78, 5) is 0. The van der Waals surface area contributed by atoms with E-state index in [0.717, 1.165) is 25.7 Å². The maximum Gasteiger partial charge on any atom is 0.0541 e. The summed E-state index contributed by atoms with van der Waals surface area (Å²) in [6, 6.07) is 33.9. The lowest BCUT2D eigenvalue weighted by Crippen LogP contribution is -2.17. The summed E-state index contributed by atoms with van der Waals surface area (Å²) in [5.74, 6) is 0. The van der Waals surface area contributed by atoms with Gasteiger partial charge in [-0.25, -0.2) is 0 Å². The Morgan fingerprint density at radius 3 is 2.08 bits per heavy atom. The molecule has 194 valence electrons. The highest BCUT2D eigenvalue weighted by Crippen LogP contribution is 2.52. The van der Waals surface area contributed by atoms with Crippen LogP contribution in [0.2, 0.25) is 0 Å². The SMILES string of the molecule is CC1(C)C2=C(CCC(c3ccc(-n4c5ccccc5c5ccccc54)cc3)=C2)c2ccc(C3=CC=CCC3)cc21. The van der Waals surface area contributed by atoms with Crippen molar-refractivity contribution >= 4 is 38.5 Å². The van der Waals surface area contributed by atoms with E-state index >= 15 is 0 Å². The molecule has 0 saturated heterocycles. The fourth-order valence-corrected chi connectivity index (χ4v) is 7.33. The van der Waals surface area contributed by atoms with Crippen LogP contribution in [-0.4, -0.2) is 4.57 Å². The third-order valence-electron chi connectivity index (χ3n) is 9.44. The smallest absolute Gasteiger partial charge is 0.0541 e. The van der Waals surface area contributed by atoms with Crippen molar-refractivity contribution in [3.8, 4) is 5.69 Å². The second-order valence-corrected chi connectivity index (χ2v) is 12.0. The minimum atomic E-state index is 0.0142. The molecular weight excluding hydrogens is 482 g/mol. The lowest BCUT2D eigenvalue weighted by Gasteiger charge is -2.26. The molecule has 1 heterocycles. The molecule has 0 bridgehead atoms. The van der Waals surface area contributed by atoms with Gasteiger partial charge in [-0.3, -0.25) is 0 Å². The van der Waals surface area contributed by atoms with Crippen molar-refractivity contribution in [2.24, 2.45) is 0 Å². The standard InChI is InChI=1S/C39H33N/c1-39(2)35-24-28(26-10-4-3-5-11-26)18-22-31(35)32-23-19-29(25-36(32)39)27-16-20-30(21-17-27)40-37-14-8-6-12-33(37)34-13-7-9-15-38(34)40/h3-4,6-10,12-18,20-22,24-25H,5,11,19,23H2,1-2H3. The molecule has 0 N–H and O–H groups in total. The van der Waals surface area contributed by atoms with Gasteiger partial charge >= 0.3 is 0 Å². The second-order valence-electron chi connectivity index (χ2n) is 12.0. The Morgan fingerprint density at radius 2 is 1.38 bits per heavy atom. The summed E-state index contributed by atoms with van der Waals surface area (Å²) >= 11 is 0. The first-order chi connectivity index (χ1) is 19.6. The minimum absolute atomic E-state index is 0.0142. The average molecular weight is 516 g/mol. The number of allylic oxidation sites excluding steroid dienone is 8. The quantitative estimate of drug-likeness (QED) is 0.225. The number of hydrogen-bond donors (Lipinski definition) is 0. The van der Waals surface area contributed by atoms with E-state index in [4.69, 9.17) is 0 Å². The average Bonchev–Trinajstić information content (AvgIpc) is 3.46. The summed E-state index contributed by atoms with van der Waals surface area (Å²) in [6.45, 7) is 4.83. The maximum atomic E-state index is 2.51. The van der Waals surface area contributed by atoms with E-state index in [9.17, 15) is 0 Å². The molecule has 8 rings (SSSR count). The van der Waals surface area contributed by atoms with Gasteiger partial charge in [-0.1, -0.05) is 98.8 Å². The fourth-order valence-electron chi connectivity index (χ4n) is 7.33. The van der Waals surface area contributed by atoms with Gasteiger partial charge < -0.3 is 4.57 Å². The van der Waals surface area contributed by atoms with Crippen LogP contribution in [0, 0.1) is 0 Å². The molecule has 1 heteroatoms. The molecule has 0 aliphatic heterocycles. The van der Waals surface area contributed by atoms with Gasteiger partial charge in [0.15, 0.2) is 0 Å². The Labute approximate surface area is 236 Å². The molecule has 3 aliphatic rings. The van der Waals surface area contributed by atoms with E-state index in [1.165, 1.54) is 66.5 Å². The number of nitrogens with zero attached hydrogens (tertiary/aromatic N) is 1. The van der Waals surface area contributed by atoms with Crippen LogP contribution in [0.3, 0.4) is 0 Å². The monoisotopic (exact) mass is 515 g/mol. The van der Waals surface area contributed by atoms with Gasteiger partial charge in [-0.05, 0) is 101 Å². The van der Waals surface area contributed by atoms with Crippen LogP contribution in [0.1, 0.15) is 61.8 Å². The third kappa shape index (κ3) is 3.47.